The Bertz CT molecular complexity index is 612. The summed E-state index contributed by atoms with van der Waals surface area (Å²) >= 11 is 9.24. The van der Waals surface area contributed by atoms with E-state index in [9.17, 15) is 4.79 Å². The number of nitrogens with zero attached hydrogens (tertiary/aromatic N) is 1. The van der Waals surface area contributed by atoms with E-state index in [-0.39, 0.29) is 5.91 Å². The first-order valence-corrected chi connectivity index (χ1v) is 6.69. The van der Waals surface area contributed by atoms with Crippen LogP contribution in [0.3, 0.4) is 0 Å². The molecule has 6 heteroatoms. The second-order valence-electron chi connectivity index (χ2n) is 4.11. The Labute approximate surface area is 124 Å². The molecule has 0 bridgehead atoms. The molecule has 2 N–H and O–H groups in total. The van der Waals surface area contributed by atoms with Crippen LogP contribution in [0.1, 0.15) is 16.1 Å². The molecule has 100 valence electrons. The van der Waals surface area contributed by atoms with Crippen molar-refractivity contribution in [3.8, 4) is 0 Å². The quantitative estimate of drug-likeness (QED) is 0.867. The maximum absolute atomic E-state index is 12.2. The molecule has 1 aromatic carbocycles. The maximum atomic E-state index is 12.2. The summed E-state index contributed by atoms with van der Waals surface area (Å²) in [5.74, 6) is 0.506. The number of carbonyl (C=O) groups excluding carboxylic acids is 1. The molecule has 0 saturated carbocycles. The molecule has 0 aliphatic heterocycles. The van der Waals surface area contributed by atoms with E-state index in [0.717, 1.165) is 0 Å². The molecule has 0 atom stereocenters. The molecule has 4 nitrogen and oxygen atoms in total. The number of carbonyl (C=O) groups is 1. The van der Waals surface area contributed by atoms with Crippen molar-refractivity contribution in [2.45, 2.75) is 6.54 Å². The first-order valence-electron chi connectivity index (χ1n) is 5.52. The molecule has 0 fully saturated rings. The molecular weight excluding hydrogens is 332 g/mol. The minimum atomic E-state index is -0.183. The van der Waals surface area contributed by atoms with Crippen LogP contribution in [0.25, 0.3) is 0 Å². The lowest BCUT2D eigenvalue weighted by atomic mass is 10.2. The summed E-state index contributed by atoms with van der Waals surface area (Å²) in [4.78, 5) is 13.8. The highest BCUT2D eigenvalue weighted by atomic mass is 79.9. The molecule has 1 heterocycles. The Morgan fingerprint density at radius 1 is 1.42 bits per heavy atom. The van der Waals surface area contributed by atoms with Crippen molar-refractivity contribution in [3.63, 3.8) is 0 Å². The van der Waals surface area contributed by atoms with Gasteiger partial charge in [0.05, 0.1) is 17.1 Å². The second-order valence-corrected chi connectivity index (χ2v) is 5.30. The molecule has 2 rings (SSSR count). The minimum Gasteiger partial charge on any atom is -0.452 e. The lowest BCUT2D eigenvalue weighted by Gasteiger charge is -2.16. The number of nitrogens with two attached hydrogens (primary N) is 1. The number of rotatable bonds is 3. The summed E-state index contributed by atoms with van der Waals surface area (Å²) in [7, 11) is 1.69. The van der Waals surface area contributed by atoms with E-state index in [2.05, 4.69) is 15.9 Å². The number of amides is 1. The van der Waals surface area contributed by atoms with E-state index in [1.165, 1.54) is 4.90 Å². The van der Waals surface area contributed by atoms with Crippen molar-refractivity contribution in [1.29, 1.82) is 0 Å². The summed E-state index contributed by atoms with van der Waals surface area (Å²) in [6, 6.07) is 8.42. The van der Waals surface area contributed by atoms with Crippen molar-refractivity contribution in [2.75, 3.05) is 12.8 Å². The SMILES string of the molecule is CN(Cc1ccc(Br)o1)C(=O)c1ccc(N)cc1Cl. The first kappa shape index (κ1) is 14.0. The lowest BCUT2D eigenvalue weighted by Crippen LogP contribution is -2.26. The predicted molar refractivity (Wildman–Crippen MR) is 78.1 cm³/mol. The highest BCUT2D eigenvalue weighted by molar-refractivity contribution is 9.10. The number of hydrogen-bond acceptors (Lipinski definition) is 3. The van der Waals surface area contributed by atoms with Gasteiger partial charge in [0.1, 0.15) is 5.76 Å². The molecule has 19 heavy (non-hydrogen) atoms. The van der Waals surface area contributed by atoms with Crippen molar-refractivity contribution < 1.29 is 9.21 Å². The fraction of sp³-hybridized carbons (Fsp3) is 0.154. The second kappa shape index (κ2) is 5.67. The normalized spacial score (nSPS) is 10.5. The fourth-order valence-corrected chi connectivity index (χ4v) is 2.26. The number of anilines is 1. The Hall–Kier alpha value is -1.46. The fourth-order valence-electron chi connectivity index (χ4n) is 1.65. The smallest absolute Gasteiger partial charge is 0.255 e. The zero-order valence-corrected chi connectivity index (χ0v) is 12.5. The van der Waals surface area contributed by atoms with Gasteiger partial charge >= 0.3 is 0 Å². The molecule has 0 aliphatic carbocycles. The van der Waals surface area contributed by atoms with Crippen LogP contribution in [-0.2, 0) is 6.54 Å². The lowest BCUT2D eigenvalue weighted by molar-refractivity contribution is 0.0775. The van der Waals surface area contributed by atoms with Gasteiger partial charge in [0, 0.05) is 12.7 Å². The van der Waals surface area contributed by atoms with Crippen LogP contribution in [0.15, 0.2) is 39.4 Å². The van der Waals surface area contributed by atoms with E-state index in [1.54, 1.807) is 37.4 Å². The van der Waals surface area contributed by atoms with Crippen molar-refractivity contribution in [2.24, 2.45) is 0 Å². The number of nitrogen functional groups attached to an aromatic ring is 1. The third-order valence-corrected chi connectivity index (χ3v) is 3.33. The average Bonchev–Trinajstić information content (AvgIpc) is 2.74. The van der Waals surface area contributed by atoms with Crippen molar-refractivity contribution in [3.05, 3.63) is 51.3 Å². The van der Waals surface area contributed by atoms with Crippen LogP contribution in [0, 0.1) is 0 Å². The van der Waals surface area contributed by atoms with Gasteiger partial charge in [-0.25, -0.2) is 0 Å². The van der Waals surface area contributed by atoms with E-state index >= 15 is 0 Å². The van der Waals surface area contributed by atoms with Crippen molar-refractivity contribution >= 4 is 39.1 Å². The molecule has 2 aromatic rings. The Morgan fingerprint density at radius 3 is 2.74 bits per heavy atom. The van der Waals surface area contributed by atoms with Crippen LogP contribution in [-0.4, -0.2) is 17.9 Å². The third-order valence-electron chi connectivity index (χ3n) is 2.59. The van der Waals surface area contributed by atoms with Gasteiger partial charge in [-0.15, -0.1) is 0 Å². The molecule has 0 saturated heterocycles. The molecule has 0 spiro atoms. The van der Waals surface area contributed by atoms with Crippen LogP contribution in [0.5, 0.6) is 0 Å². The van der Waals surface area contributed by atoms with Gasteiger partial charge in [-0.3, -0.25) is 4.79 Å². The topological polar surface area (TPSA) is 59.5 Å². The molecule has 0 unspecified atom stereocenters. The van der Waals surface area contributed by atoms with E-state index in [4.69, 9.17) is 21.8 Å². The average molecular weight is 344 g/mol. The van der Waals surface area contributed by atoms with Crippen molar-refractivity contribution in [1.82, 2.24) is 4.90 Å². The number of benzene rings is 1. The van der Waals surface area contributed by atoms with E-state index in [0.29, 0.717) is 33.2 Å². The van der Waals surface area contributed by atoms with Crippen LogP contribution >= 0.6 is 27.5 Å². The van der Waals surface area contributed by atoms with Crippen LogP contribution < -0.4 is 5.73 Å². The largest absolute Gasteiger partial charge is 0.452 e. The van der Waals surface area contributed by atoms with Gasteiger partial charge in [0.15, 0.2) is 4.67 Å². The highest BCUT2D eigenvalue weighted by Crippen LogP contribution is 2.22. The maximum Gasteiger partial charge on any atom is 0.255 e. The molecule has 0 radical (unpaired) electrons. The number of hydrogen-bond donors (Lipinski definition) is 1. The number of halogens is 2. The predicted octanol–water partition coefficient (Wildman–Crippen LogP) is 3.55. The molecule has 1 aromatic heterocycles. The third kappa shape index (κ3) is 3.30. The molecular formula is C13H12BrClN2O2. The Balaban J connectivity index is 2.14. The monoisotopic (exact) mass is 342 g/mol. The van der Waals surface area contributed by atoms with Gasteiger partial charge in [-0.2, -0.15) is 0 Å². The van der Waals surface area contributed by atoms with Gasteiger partial charge in [0.2, 0.25) is 0 Å². The van der Waals surface area contributed by atoms with E-state index < -0.39 is 0 Å². The number of furan rings is 1. The standard InChI is InChI=1S/C13H12BrClN2O2/c1-17(7-9-3-5-12(14)19-9)13(18)10-4-2-8(16)6-11(10)15/h2-6H,7,16H2,1H3. The molecule has 0 aliphatic rings. The summed E-state index contributed by atoms with van der Waals surface area (Å²) in [6.45, 7) is 0.366. The summed E-state index contributed by atoms with van der Waals surface area (Å²) in [5, 5.41) is 0.345. The minimum absolute atomic E-state index is 0.183. The van der Waals surface area contributed by atoms with Gasteiger partial charge < -0.3 is 15.1 Å². The highest BCUT2D eigenvalue weighted by Gasteiger charge is 2.16. The first-order chi connectivity index (χ1) is 8.97. The Kier molecular flexibility index (Phi) is 4.17. The van der Waals surface area contributed by atoms with Crippen LogP contribution in [0.4, 0.5) is 5.69 Å². The van der Waals surface area contributed by atoms with Gasteiger partial charge in [0.25, 0.3) is 5.91 Å². The van der Waals surface area contributed by atoms with Gasteiger partial charge in [-0.05, 0) is 46.3 Å². The summed E-state index contributed by atoms with van der Waals surface area (Å²) < 4.78 is 5.99. The zero-order chi connectivity index (χ0) is 14.0. The zero-order valence-electron chi connectivity index (χ0n) is 10.2. The summed E-state index contributed by atoms with van der Waals surface area (Å²) in [5.41, 5.74) is 6.55. The van der Waals surface area contributed by atoms with Gasteiger partial charge in [-0.1, -0.05) is 11.6 Å². The van der Waals surface area contributed by atoms with E-state index in [1.807, 2.05) is 0 Å². The molecule has 1 amide bonds. The summed E-state index contributed by atoms with van der Waals surface area (Å²) in [6.07, 6.45) is 0. The van der Waals surface area contributed by atoms with Crippen LogP contribution in [0.2, 0.25) is 5.02 Å². The Morgan fingerprint density at radius 2 is 2.16 bits per heavy atom.